The van der Waals surface area contributed by atoms with Gasteiger partial charge in [0.05, 0.1) is 16.4 Å². The van der Waals surface area contributed by atoms with Crippen LogP contribution in [-0.4, -0.2) is 38.3 Å². The normalized spacial score (nSPS) is 25.7. The SMILES string of the molecule is CC(C)C(=O)c1c(O)c([C@H](C2=C(O)C(C)(C)C(=O)C(C)(C)C2=O)C(C)C)c(O)c2c1O[C@]1(c3ccccc3)C[C@@H]2C(C)(C)O1. The van der Waals surface area contributed by atoms with Gasteiger partial charge in [-0.1, -0.05) is 58.0 Å². The Kier molecular flexibility index (Phi) is 7.17. The number of ether oxygens (including phenoxy) is 2. The number of carbonyl (C=O) groups is 3. The molecule has 2 aliphatic heterocycles. The van der Waals surface area contributed by atoms with Gasteiger partial charge in [-0.3, -0.25) is 14.4 Å². The van der Waals surface area contributed by atoms with Crippen molar-refractivity contribution in [2.24, 2.45) is 22.7 Å². The topological polar surface area (TPSA) is 130 Å². The summed E-state index contributed by atoms with van der Waals surface area (Å²) in [5, 5.41) is 35.8. The van der Waals surface area contributed by atoms with E-state index in [0.717, 1.165) is 5.56 Å². The van der Waals surface area contributed by atoms with E-state index >= 15 is 0 Å². The second-order valence-electron chi connectivity index (χ2n) is 14.8. The summed E-state index contributed by atoms with van der Waals surface area (Å²) in [6.07, 6.45) is 0.331. The average Bonchev–Trinajstić information content (AvgIpc) is 3.16. The standard InChI is InChI=1S/C36H44O8/c1-17(2)21(24-30(40)33(5,6)32(42)34(7,8)31(24)41)23-27(38)22-20-16-36(44-35(20,9)10,19-14-12-11-13-15-19)43-29(22)25(28(23)39)26(37)18(3)4/h11-15,17-18,20-21,38-40H,16H2,1-10H3/t20-,21+,36+/m0/s1. The van der Waals surface area contributed by atoms with Crippen LogP contribution in [0.15, 0.2) is 41.7 Å². The van der Waals surface area contributed by atoms with E-state index in [4.69, 9.17) is 9.47 Å². The van der Waals surface area contributed by atoms with Crippen molar-refractivity contribution in [2.75, 3.05) is 0 Å². The monoisotopic (exact) mass is 604 g/mol. The molecule has 3 aliphatic rings. The molecule has 2 heterocycles. The largest absolute Gasteiger partial charge is 0.511 e. The minimum atomic E-state index is -1.46. The molecule has 2 bridgehead atoms. The zero-order valence-corrected chi connectivity index (χ0v) is 27.3. The van der Waals surface area contributed by atoms with Gasteiger partial charge in [0.15, 0.2) is 17.3 Å². The third kappa shape index (κ3) is 4.24. The van der Waals surface area contributed by atoms with Crippen molar-refractivity contribution in [3.63, 3.8) is 0 Å². The molecule has 0 unspecified atom stereocenters. The Balaban J connectivity index is 1.88. The van der Waals surface area contributed by atoms with Crippen LogP contribution in [0.5, 0.6) is 17.2 Å². The number of hydrogen-bond acceptors (Lipinski definition) is 8. The number of carbonyl (C=O) groups excluding carboxylic acids is 3. The van der Waals surface area contributed by atoms with Crippen molar-refractivity contribution in [2.45, 2.75) is 98.9 Å². The highest BCUT2D eigenvalue weighted by molar-refractivity contribution is 6.19. The van der Waals surface area contributed by atoms with E-state index < -0.39 is 74.7 Å². The number of phenols is 2. The molecule has 8 heteroatoms. The van der Waals surface area contributed by atoms with Crippen molar-refractivity contribution in [3.8, 4) is 17.2 Å². The minimum absolute atomic E-state index is 0.0443. The van der Waals surface area contributed by atoms with Crippen LogP contribution >= 0.6 is 0 Å². The highest BCUT2D eigenvalue weighted by Crippen LogP contribution is 2.65. The lowest BCUT2D eigenvalue weighted by Crippen LogP contribution is -2.50. The van der Waals surface area contributed by atoms with E-state index in [9.17, 15) is 29.7 Å². The number of fused-ring (bicyclic) bond motifs is 4. The molecule has 3 atom stereocenters. The summed E-state index contributed by atoms with van der Waals surface area (Å²) in [5.41, 5.74) is -2.86. The predicted molar refractivity (Wildman–Crippen MR) is 165 cm³/mol. The van der Waals surface area contributed by atoms with Crippen molar-refractivity contribution < 1.29 is 39.2 Å². The molecule has 0 spiro atoms. The number of phenolic OH excluding ortho intramolecular Hbond substituents is 2. The summed E-state index contributed by atoms with van der Waals surface area (Å²) < 4.78 is 13.2. The number of allylic oxidation sites excluding steroid dienone is 2. The van der Waals surface area contributed by atoms with Crippen LogP contribution in [0.2, 0.25) is 0 Å². The molecular formula is C36H44O8. The van der Waals surface area contributed by atoms with Gasteiger partial charge in [0.1, 0.15) is 28.6 Å². The number of aliphatic hydroxyl groups is 1. The van der Waals surface area contributed by atoms with Crippen LogP contribution < -0.4 is 4.74 Å². The van der Waals surface area contributed by atoms with Gasteiger partial charge in [-0.05, 0) is 47.5 Å². The molecule has 1 fully saturated rings. The molecule has 2 aromatic carbocycles. The molecule has 1 aliphatic carbocycles. The zero-order valence-electron chi connectivity index (χ0n) is 27.3. The van der Waals surface area contributed by atoms with Gasteiger partial charge in [0.2, 0.25) is 5.79 Å². The van der Waals surface area contributed by atoms with Gasteiger partial charge in [-0.25, -0.2) is 0 Å². The lowest BCUT2D eigenvalue weighted by molar-refractivity contribution is -0.202. The van der Waals surface area contributed by atoms with Crippen LogP contribution in [-0.2, 0) is 20.1 Å². The van der Waals surface area contributed by atoms with Gasteiger partial charge in [0.25, 0.3) is 0 Å². The van der Waals surface area contributed by atoms with Gasteiger partial charge in [-0.2, -0.15) is 0 Å². The summed E-state index contributed by atoms with van der Waals surface area (Å²) in [4.78, 5) is 41.3. The molecule has 0 amide bonds. The van der Waals surface area contributed by atoms with E-state index in [1.54, 1.807) is 41.5 Å². The molecule has 0 saturated carbocycles. The quantitative estimate of drug-likeness (QED) is 0.233. The third-order valence-corrected chi connectivity index (χ3v) is 9.90. The second kappa shape index (κ2) is 9.93. The first-order valence-electron chi connectivity index (χ1n) is 15.4. The maximum Gasteiger partial charge on any atom is 0.238 e. The highest BCUT2D eigenvalue weighted by atomic mass is 16.7. The number of aliphatic hydroxyl groups excluding tert-OH is 1. The van der Waals surface area contributed by atoms with Gasteiger partial charge >= 0.3 is 0 Å². The molecule has 3 N–H and O–H groups in total. The highest BCUT2D eigenvalue weighted by Gasteiger charge is 2.61. The van der Waals surface area contributed by atoms with E-state index in [0.29, 0.717) is 12.0 Å². The van der Waals surface area contributed by atoms with Crippen molar-refractivity contribution in [3.05, 3.63) is 63.9 Å². The third-order valence-electron chi connectivity index (χ3n) is 9.90. The van der Waals surface area contributed by atoms with Crippen LogP contribution in [0.3, 0.4) is 0 Å². The number of Topliss-reactive ketones (excluding diaryl/α,β-unsaturated/α-hetero) is 3. The van der Waals surface area contributed by atoms with E-state index in [1.807, 2.05) is 44.2 Å². The summed E-state index contributed by atoms with van der Waals surface area (Å²) in [5.74, 6) is -6.38. The van der Waals surface area contributed by atoms with Crippen molar-refractivity contribution >= 4 is 17.3 Å². The molecule has 8 nitrogen and oxygen atoms in total. The van der Waals surface area contributed by atoms with Crippen LogP contribution in [0, 0.1) is 22.7 Å². The first kappa shape index (κ1) is 31.8. The first-order valence-corrected chi connectivity index (χ1v) is 15.4. The minimum Gasteiger partial charge on any atom is -0.511 e. The summed E-state index contributed by atoms with van der Waals surface area (Å²) in [7, 11) is 0. The van der Waals surface area contributed by atoms with E-state index in [2.05, 4.69) is 0 Å². The maximum atomic E-state index is 14.0. The zero-order chi connectivity index (χ0) is 32.9. The molecule has 5 rings (SSSR count). The molecule has 0 radical (unpaired) electrons. The number of ketones is 3. The van der Waals surface area contributed by atoms with E-state index in [-0.39, 0.29) is 28.2 Å². The molecule has 0 aromatic heterocycles. The Bertz CT molecular complexity index is 1610. The second-order valence-corrected chi connectivity index (χ2v) is 14.8. The number of benzene rings is 2. The summed E-state index contributed by atoms with van der Waals surface area (Å²) in [6.45, 7) is 17.0. The maximum absolute atomic E-state index is 14.0. The van der Waals surface area contributed by atoms with Crippen LogP contribution in [0.25, 0.3) is 0 Å². The lowest BCUT2D eigenvalue weighted by Gasteiger charge is -2.42. The number of hydrogen-bond donors (Lipinski definition) is 3. The fourth-order valence-corrected chi connectivity index (χ4v) is 7.51. The molecule has 2 aromatic rings. The summed E-state index contributed by atoms with van der Waals surface area (Å²) >= 11 is 0. The average molecular weight is 605 g/mol. The summed E-state index contributed by atoms with van der Waals surface area (Å²) in [6, 6.07) is 9.38. The van der Waals surface area contributed by atoms with Crippen molar-refractivity contribution in [1.29, 1.82) is 0 Å². The Hall–Kier alpha value is -3.65. The number of rotatable bonds is 6. The predicted octanol–water partition coefficient (Wildman–Crippen LogP) is 7.22. The first-order chi connectivity index (χ1) is 20.2. The fourth-order valence-electron chi connectivity index (χ4n) is 7.51. The molecular weight excluding hydrogens is 560 g/mol. The smallest absolute Gasteiger partial charge is 0.238 e. The van der Waals surface area contributed by atoms with Crippen molar-refractivity contribution in [1.82, 2.24) is 0 Å². The van der Waals surface area contributed by atoms with Gasteiger partial charge in [0, 0.05) is 46.4 Å². The fraction of sp³-hybridized carbons (Fsp3) is 0.528. The Labute approximate surface area is 259 Å². The van der Waals surface area contributed by atoms with Gasteiger partial charge < -0.3 is 24.8 Å². The van der Waals surface area contributed by atoms with Crippen LogP contribution in [0.4, 0.5) is 0 Å². The molecule has 44 heavy (non-hydrogen) atoms. The lowest BCUT2D eigenvalue weighted by atomic mass is 9.59. The van der Waals surface area contributed by atoms with E-state index in [1.165, 1.54) is 13.8 Å². The molecule has 236 valence electrons. The van der Waals surface area contributed by atoms with Crippen LogP contribution in [0.1, 0.15) is 115 Å². The van der Waals surface area contributed by atoms with Gasteiger partial charge in [-0.15, -0.1) is 0 Å². The Morgan fingerprint density at radius 3 is 2.02 bits per heavy atom. The Morgan fingerprint density at radius 1 is 0.886 bits per heavy atom. The molecule has 1 saturated heterocycles. The number of aromatic hydroxyl groups is 2. The Morgan fingerprint density at radius 2 is 1.48 bits per heavy atom.